The summed E-state index contributed by atoms with van der Waals surface area (Å²) in [5.41, 5.74) is 0.744. The molecule has 0 saturated carbocycles. The van der Waals surface area contributed by atoms with Crippen LogP contribution in [-0.2, 0) is 21.2 Å². The van der Waals surface area contributed by atoms with E-state index in [4.69, 9.17) is 14.2 Å². The lowest BCUT2D eigenvalue weighted by molar-refractivity contribution is -0.119. The predicted octanol–water partition coefficient (Wildman–Crippen LogP) is 2.70. The number of methoxy groups -OCH3 is 3. The highest BCUT2D eigenvalue weighted by atomic mass is 32.2. The number of ether oxygens (including phenoxy) is 3. The summed E-state index contributed by atoms with van der Waals surface area (Å²) in [5.74, 6) is 0.754. The SMILES string of the molecule is COc1cc(CCC(=O)NS(=O)(=O)c2cccc3cnccc23)cc(OC)c1OC. The van der Waals surface area contributed by atoms with Crippen LogP contribution in [0.4, 0.5) is 0 Å². The average Bonchev–Trinajstić information content (AvgIpc) is 2.76. The Labute approximate surface area is 174 Å². The van der Waals surface area contributed by atoms with E-state index in [0.717, 1.165) is 5.56 Å². The number of sulfonamides is 1. The van der Waals surface area contributed by atoms with E-state index in [1.807, 2.05) is 0 Å². The Morgan fingerprint density at radius 1 is 1.03 bits per heavy atom. The lowest BCUT2D eigenvalue weighted by Gasteiger charge is -2.14. The number of benzene rings is 2. The van der Waals surface area contributed by atoms with Crippen LogP contribution in [0.5, 0.6) is 17.2 Å². The normalized spacial score (nSPS) is 11.2. The maximum absolute atomic E-state index is 12.7. The van der Waals surface area contributed by atoms with Crippen LogP contribution in [0, 0.1) is 0 Å². The fourth-order valence-corrected chi connectivity index (χ4v) is 4.37. The quantitative estimate of drug-likeness (QED) is 0.586. The zero-order chi connectivity index (χ0) is 21.7. The van der Waals surface area contributed by atoms with Crippen LogP contribution in [0.3, 0.4) is 0 Å². The van der Waals surface area contributed by atoms with Gasteiger partial charge in [0, 0.05) is 29.6 Å². The molecule has 0 aliphatic carbocycles. The Kier molecular flexibility index (Phi) is 6.41. The molecule has 158 valence electrons. The number of amides is 1. The molecule has 0 fully saturated rings. The van der Waals surface area contributed by atoms with Gasteiger partial charge in [-0.05, 0) is 36.2 Å². The molecule has 0 spiro atoms. The summed E-state index contributed by atoms with van der Waals surface area (Å²) in [5, 5.41) is 1.17. The number of fused-ring (bicyclic) bond motifs is 1. The van der Waals surface area contributed by atoms with E-state index in [0.29, 0.717) is 28.0 Å². The first-order chi connectivity index (χ1) is 14.4. The number of carbonyl (C=O) groups is 1. The van der Waals surface area contributed by atoms with Gasteiger partial charge in [-0.1, -0.05) is 12.1 Å². The Morgan fingerprint density at radius 2 is 1.73 bits per heavy atom. The molecule has 0 aliphatic heterocycles. The number of hydrogen-bond acceptors (Lipinski definition) is 7. The van der Waals surface area contributed by atoms with E-state index in [1.165, 1.54) is 33.6 Å². The summed E-state index contributed by atoms with van der Waals surface area (Å²) in [6.45, 7) is 0. The van der Waals surface area contributed by atoms with Gasteiger partial charge < -0.3 is 14.2 Å². The number of pyridine rings is 1. The summed E-state index contributed by atoms with van der Waals surface area (Å²) >= 11 is 0. The number of aromatic nitrogens is 1. The van der Waals surface area contributed by atoms with Crippen molar-refractivity contribution >= 4 is 26.7 Å². The molecule has 0 atom stereocenters. The van der Waals surface area contributed by atoms with E-state index in [1.54, 1.807) is 36.5 Å². The predicted molar refractivity (Wildman–Crippen MR) is 111 cm³/mol. The van der Waals surface area contributed by atoms with E-state index in [2.05, 4.69) is 9.71 Å². The number of hydrogen-bond donors (Lipinski definition) is 1. The fraction of sp³-hybridized carbons (Fsp3) is 0.238. The molecule has 8 nitrogen and oxygen atoms in total. The van der Waals surface area contributed by atoms with Crippen molar-refractivity contribution in [1.29, 1.82) is 0 Å². The molecule has 0 radical (unpaired) electrons. The van der Waals surface area contributed by atoms with Gasteiger partial charge in [0.15, 0.2) is 11.5 Å². The first kappa shape index (κ1) is 21.4. The number of carbonyl (C=O) groups excluding carboxylic acids is 1. The van der Waals surface area contributed by atoms with Gasteiger partial charge in [-0.25, -0.2) is 13.1 Å². The molecule has 9 heteroatoms. The second-order valence-corrected chi connectivity index (χ2v) is 8.07. The lowest BCUT2D eigenvalue weighted by atomic mass is 10.1. The van der Waals surface area contributed by atoms with E-state index in [9.17, 15) is 13.2 Å². The molecule has 2 aromatic carbocycles. The number of nitrogens with one attached hydrogen (secondary N) is 1. The zero-order valence-corrected chi connectivity index (χ0v) is 17.7. The molecule has 3 aromatic rings. The highest BCUT2D eigenvalue weighted by molar-refractivity contribution is 7.90. The summed E-state index contributed by atoms with van der Waals surface area (Å²) in [7, 11) is 0.478. The van der Waals surface area contributed by atoms with Gasteiger partial charge in [-0.3, -0.25) is 9.78 Å². The van der Waals surface area contributed by atoms with Crippen LogP contribution in [0.2, 0.25) is 0 Å². The summed E-state index contributed by atoms with van der Waals surface area (Å²) in [6, 6.07) is 9.87. The van der Waals surface area contributed by atoms with Crippen LogP contribution in [-0.4, -0.2) is 40.6 Å². The minimum atomic E-state index is -4.02. The Balaban J connectivity index is 1.76. The highest BCUT2D eigenvalue weighted by Crippen LogP contribution is 2.38. The first-order valence-electron chi connectivity index (χ1n) is 9.07. The second kappa shape index (κ2) is 9.00. The molecule has 0 unspecified atom stereocenters. The van der Waals surface area contributed by atoms with Crippen molar-refractivity contribution in [2.45, 2.75) is 17.7 Å². The molecular formula is C21H22N2O6S. The van der Waals surface area contributed by atoms with Gasteiger partial charge in [0.2, 0.25) is 11.7 Å². The molecule has 30 heavy (non-hydrogen) atoms. The minimum absolute atomic E-state index is 0.0311. The van der Waals surface area contributed by atoms with Crippen molar-refractivity contribution in [3.63, 3.8) is 0 Å². The van der Waals surface area contributed by atoms with Crippen molar-refractivity contribution in [1.82, 2.24) is 9.71 Å². The van der Waals surface area contributed by atoms with Crippen LogP contribution < -0.4 is 18.9 Å². The van der Waals surface area contributed by atoms with E-state index >= 15 is 0 Å². The van der Waals surface area contributed by atoms with Crippen LogP contribution in [0.25, 0.3) is 10.8 Å². The van der Waals surface area contributed by atoms with Crippen LogP contribution in [0.1, 0.15) is 12.0 Å². The topological polar surface area (TPSA) is 104 Å². The Morgan fingerprint density at radius 3 is 2.37 bits per heavy atom. The third kappa shape index (κ3) is 4.46. The monoisotopic (exact) mass is 430 g/mol. The molecule has 0 saturated heterocycles. The van der Waals surface area contributed by atoms with E-state index in [-0.39, 0.29) is 17.7 Å². The third-order valence-corrected chi connectivity index (χ3v) is 5.98. The average molecular weight is 430 g/mol. The lowest BCUT2D eigenvalue weighted by Crippen LogP contribution is -2.30. The van der Waals surface area contributed by atoms with Gasteiger partial charge in [-0.15, -0.1) is 0 Å². The minimum Gasteiger partial charge on any atom is -0.493 e. The fourth-order valence-electron chi connectivity index (χ4n) is 3.12. The third-order valence-electron chi connectivity index (χ3n) is 4.54. The van der Waals surface area contributed by atoms with Gasteiger partial charge in [-0.2, -0.15) is 0 Å². The van der Waals surface area contributed by atoms with Crippen molar-refractivity contribution in [2.24, 2.45) is 0 Å². The van der Waals surface area contributed by atoms with Crippen LogP contribution >= 0.6 is 0 Å². The zero-order valence-electron chi connectivity index (χ0n) is 16.8. The molecule has 1 heterocycles. The number of nitrogens with zero attached hydrogens (tertiary/aromatic N) is 1. The van der Waals surface area contributed by atoms with Crippen LogP contribution in [0.15, 0.2) is 53.7 Å². The second-order valence-electron chi connectivity index (χ2n) is 6.42. The van der Waals surface area contributed by atoms with Gasteiger partial charge in [0.25, 0.3) is 10.0 Å². The Bertz CT molecular complexity index is 1150. The largest absolute Gasteiger partial charge is 0.493 e. The van der Waals surface area contributed by atoms with E-state index < -0.39 is 15.9 Å². The standard InChI is InChI=1S/C21H22N2O6S/c1-27-17-11-14(12-18(28-2)21(17)29-3)7-8-20(24)23-30(25,26)19-6-4-5-15-13-22-10-9-16(15)19/h4-6,9-13H,7-8H2,1-3H3,(H,23,24). The molecule has 3 rings (SSSR count). The summed E-state index contributed by atoms with van der Waals surface area (Å²) < 4.78 is 43.5. The Hall–Kier alpha value is -3.33. The van der Waals surface area contributed by atoms with Gasteiger partial charge >= 0.3 is 0 Å². The molecule has 0 aliphatic rings. The van der Waals surface area contributed by atoms with Crippen molar-refractivity contribution in [3.8, 4) is 17.2 Å². The molecule has 1 amide bonds. The first-order valence-corrected chi connectivity index (χ1v) is 10.5. The molecule has 1 aromatic heterocycles. The highest BCUT2D eigenvalue weighted by Gasteiger charge is 2.20. The van der Waals surface area contributed by atoms with Crippen molar-refractivity contribution in [2.75, 3.05) is 21.3 Å². The smallest absolute Gasteiger partial charge is 0.264 e. The van der Waals surface area contributed by atoms with Crippen molar-refractivity contribution in [3.05, 3.63) is 54.4 Å². The van der Waals surface area contributed by atoms with Gasteiger partial charge in [0.05, 0.1) is 26.2 Å². The number of aryl methyl sites for hydroxylation is 1. The summed E-state index contributed by atoms with van der Waals surface area (Å²) in [6.07, 6.45) is 3.33. The maximum atomic E-state index is 12.7. The molecule has 0 bridgehead atoms. The summed E-state index contributed by atoms with van der Waals surface area (Å²) in [4.78, 5) is 16.4. The number of rotatable bonds is 8. The molecule has 1 N–H and O–H groups in total. The molecular weight excluding hydrogens is 408 g/mol. The maximum Gasteiger partial charge on any atom is 0.264 e. The van der Waals surface area contributed by atoms with Crippen molar-refractivity contribution < 1.29 is 27.4 Å². The van der Waals surface area contributed by atoms with Gasteiger partial charge in [0.1, 0.15) is 0 Å².